The number of carbonyl (C=O) groups excluding carboxylic acids is 1. The zero-order valence-electron chi connectivity index (χ0n) is 51.9. The van der Waals surface area contributed by atoms with Gasteiger partial charge in [-0.2, -0.15) is 0 Å². The van der Waals surface area contributed by atoms with E-state index < -0.39 is 80.7 Å². The van der Waals surface area contributed by atoms with E-state index in [0.717, 1.165) is 96.3 Å². The number of ether oxygens (including phenoxy) is 6. The average Bonchev–Trinajstić information content (AvgIpc) is 3.67. The second kappa shape index (κ2) is 54.6. The van der Waals surface area contributed by atoms with Gasteiger partial charge in [-0.1, -0.05) is 234 Å². The van der Waals surface area contributed by atoms with E-state index in [1.54, 1.807) is 0 Å². The fourth-order valence-electron chi connectivity index (χ4n) is 10.1. The Balaban J connectivity index is 1.68. The Hall–Kier alpha value is -2.83. The maximum Gasteiger partial charge on any atom is 0.306 e. The highest BCUT2D eigenvalue weighted by Gasteiger charge is 2.47. The lowest BCUT2D eigenvalue weighted by Gasteiger charge is -2.42. The van der Waals surface area contributed by atoms with Gasteiger partial charge in [-0.15, -0.1) is 0 Å². The number of hydrogen-bond acceptors (Lipinski definition) is 14. The van der Waals surface area contributed by atoms with Crippen molar-refractivity contribution in [3.8, 4) is 0 Å². The van der Waals surface area contributed by atoms with Crippen LogP contribution in [0.5, 0.6) is 0 Å². The Morgan fingerprint density at radius 2 is 0.783 bits per heavy atom. The predicted octanol–water partition coefficient (Wildman–Crippen LogP) is 13.5. The minimum atomic E-state index is -1.72. The van der Waals surface area contributed by atoms with Gasteiger partial charge in [0, 0.05) is 13.0 Å². The van der Waals surface area contributed by atoms with Crippen LogP contribution in [0.3, 0.4) is 0 Å². The van der Waals surface area contributed by atoms with Crippen molar-refractivity contribution < 1.29 is 69.0 Å². The van der Waals surface area contributed by atoms with Crippen LogP contribution in [0.1, 0.15) is 245 Å². The Labute approximate surface area is 503 Å². The molecule has 14 heteroatoms. The molecule has 2 aliphatic rings. The van der Waals surface area contributed by atoms with E-state index in [0.29, 0.717) is 13.0 Å². The minimum absolute atomic E-state index is 0.0448. The second-order valence-corrected chi connectivity index (χ2v) is 22.9. The molecule has 480 valence electrons. The van der Waals surface area contributed by atoms with E-state index in [-0.39, 0.29) is 25.6 Å². The van der Waals surface area contributed by atoms with Crippen molar-refractivity contribution in [2.45, 2.75) is 313 Å². The molecule has 2 saturated heterocycles. The summed E-state index contributed by atoms with van der Waals surface area (Å²) < 4.78 is 34.5. The van der Waals surface area contributed by atoms with Crippen molar-refractivity contribution in [1.29, 1.82) is 0 Å². The third kappa shape index (κ3) is 40.3. The van der Waals surface area contributed by atoms with Crippen molar-refractivity contribution in [1.82, 2.24) is 0 Å². The Morgan fingerprint density at radius 1 is 0.410 bits per heavy atom. The molecule has 83 heavy (non-hydrogen) atoms. The molecule has 2 aliphatic heterocycles. The highest BCUT2D eigenvalue weighted by atomic mass is 16.7. The first kappa shape index (κ1) is 76.3. The van der Waals surface area contributed by atoms with Gasteiger partial charge in [-0.3, -0.25) is 4.79 Å². The first-order chi connectivity index (χ1) is 40.6. The van der Waals surface area contributed by atoms with Crippen molar-refractivity contribution in [2.24, 2.45) is 0 Å². The van der Waals surface area contributed by atoms with E-state index >= 15 is 0 Å². The first-order valence-corrected chi connectivity index (χ1v) is 33.2. The van der Waals surface area contributed by atoms with Crippen LogP contribution in [-0.2, 0) is 33.2 Å². The quantitative estimate of drug-likeness (QED) is 0.0171. The van der Waals surface area contributed by atoms with Crippen molar-refractivity contribution >= 4 is 5.97 Å². The van der Waals surface area contributed by atoms with E-state index in [4.69, 9.17) is 28.4 Å². The number of aliphatic hydroxyl groups is 7. The van der Waals surface area contributed by atoms with Crippen molar-refractivity contribution in [3.63, 3.8) is 0 Å². The fourth-order valence-corrected chi connectivity index (χ4v) is 10.1. The van der Waals surface area contributed by atoms with Crippen LogP contribution in [0.4, 0.5) is 0 Å². The van der Waals surface area contributed by atoms with Gasteiger partial charge in [0.1, 0.15) is 54.9 Å². The van der Waals surface area contributed by atoms with E-state index in [1.165, 1.54) is 122 Å². The largest absolute Gasteiger partial charge is 0.457 e. The molecule has 0 aromatic heterocycles. The maximum absolute atomic E-state index is 13.1. The van der Waals surface area contributed by atoms with E-state index in [1.807, 2.05) is 0 Å². The molecule has 0 radical (unpaired) electrons. The van der Waals surface area contributed by atoms with E-state index in [2.05, 4.69) is 98.9 Å². The number of unbranched alkanes of at least 4 members (excludes halogenated alkanes) is 26. The van der Waals surface area contributed by atoms with Crippen molar-refractivity contribution in [3.05, 3.63) is 85.1 Å². The van der Waals surface area contributed by atoms with Crippen LogP contribution < -0.4 is 0 Å². The summed E-state index contributed by atoms with van der Waals surface area (Å²) in [5.74, 6) is -0.383. The summed E-state index contributed by atoms with van der Waals surface area (Å²) in [6.07, 6.45) is 56.5. The summed E-state index contributed by atoms with van der Waals surface area (Å²) in [7, 11) is 0. The molecule has 2 heterocycles. The van der Waals surface area contributed by atoms with Crippen LogP contribution in [0.25, 0.3) is 0 Å². The number of rotatable bonds is 54. The fraction of sp³-hybridized carbons (Fsp3) is 0.783. The SMILES string of the molecule is CC/C=C\C/C=C\C/C=C\C/C=C\C/C=C\C/C=C\CCCCCCCOCC(COC1OC(COC2OC(CO)C(O)C(O)C2O)C(O)C(O)C1O)OC(=O)CCCCCCCCCCCCCCC/C=C\CCCCCCCCCC. The molecule has 2 rings (SSSR count). The molecule has 0 bridgehead atoms. The zero-order valence-corrected chi connectivity index (χ0v) is 51.9. The average molecular weight is 1170 g/mol. The van der Waals surface area contributed by atoms with Gasteiger partial charge >= 0.3 is 5.97 Å². The molecule has 0 aliphatic carbocycles. The molecule has 0 amide bonds. The number of carbonyl (C=O) groups is 1. The Kier molecular flexibility index (Phi) is 50.1. The van der Waals surface area contributed by atoms with Crippen LogP contribution in [-0.4, -0.2) is 142 Å². The first-order valence-electron chi connectivity index (χ1n) is 33.2. The van der Waals surface area contributed by atoms with Crippen LogP contribution in [0.2, 0.25) is 0 Å². The predicted molar refractivity (Wildman–Crippen MR) is 335 cm³/mol. The monoisotopic (exact) mass is 1170 g/mol. The second-order valence-electron chi connectivity index (χ2n) is 22.9. The summed E-state index contributed by atoms with van der Waals surface area (Å²) >= 11 is 0. The zero-order chi connectivity index (χ0) is 60.1. The maximum atomic E-state index is 13.1. The summed E-state index contributed by atoms with van der Waals surface area (Å²) in [4.78, 5) is 13.1. The molecule has 11 atom stereocenters. The summed E-state index contributed by atoms with van der Waals surface area (Å²) in [5.41, 5.74) is 0. The standard InChI is InChI=1S/C69H120O14/c1-3-5-7-9-11-13-15-17-19-21-23-25-27-29-30-32-34-36-38-40-42-44-46-48-50-52-61(71)81-58(56-79-68-67(77)65(75)63(73)60(83-68)57-80-69-66(76)64(74)62(72)59(54-70)82-69)55-78-53-51-49-47-45-43-41-39-37-35-33-31-28-26-24-22-20-18-16-14-12-10-8-6-4-2/h6,8,12,14,18,20-21,23-24,26,31,33,37,39,58-60,62-70,72-77H,3-5,7,9-11,13,15-17,19,22,25,27-30,32,34-36,38,40-57H2,1-2H3/b8-6-,14-12-,20-18-,23-21-,26-24-,33-31-,39-37-. The van der Waals surface area contributed by atoms with Crippen LogP contribution in [0.15, 0.2) is 85.1 Å². The number of hydrogen-bond donors (Lipinski definition) is 7. The molecule has 0 saturated carbocycles. The Bertz CT molecular complexity index is 1690. The van der Waals surface area contributed by atoms with Gasteiger partial charge < -0.3 is 64.2 Å². The third-order valence-electron chi connectivity index (χ3n) is 15.4. The van der Waals surface area contributed by atoms with Gasteiger partial charge in [0.05, 0.1) is 26.4 Å². The summed E-state index contributed by atoms with van der Waals surface area (Å²) in [5, 5.41) is 72.6. The number of esters is 1. The molecule has 11 unspecified atom stereocenters. The number of allylic oxidation sites excluding steroid dienone is 14. The molecule has 0 aromatic rings. The summed E-state index contributed by atoms with van der Waals surface area (Å²) in [6.45, 7) is 3.55. The molecular weight excluding hydrogens is 1050 g/mol. The van der Waals surface area contributed by atoms with Gasteiger partial charge in [-0.25, -0.2) is 0 Å². The highest BCUT2D eigenvalue weighted by Crippen LogP contribution is 2.27. The smallest absolute Gasteiger partial charge is 0.306 e. The third-order valence-corrected chi connectivity index (χ3v) is 15.4. The lowest BCUT2D eigenvalue weighted by molar-refractivity contribution is -0.332. The molecule has 2 fully saturated rings. The molecule has 0 spiro atoms. The van der Waals surface area contributed by atoms with Crippen LogP contribution in [0, 0.1) is 0 Å². The van der Waals surface area contributed by atoms with Gasteiger partial charge in [0.25, 0.3) is 0 Å². The normalized spacial score (nSPS) is 24.0. The van der Waals surface area contributed by atoms with Gasteiger partial charge in [-0.05, 0) is 89.9 Å². The van der Waals surface area contributed by atoms with Crippen molar-refractivity contribution in [2.75, 3.05) is 33.0 Å². The molecule has 14 nitrogen and oxygen atoms in total. The lowest BCUT2D eigenvalue weighted by Crippen LogP contribution is -2.61. The minimum Gasteiger partial charge on any atom is -0.457 e. The topological polar surface area (TPSA) is 214 Å². The lowest BCUT2D eigenvalue weighted by atomic mass is 9.98. The molecular formula is C69H120O14. The highest BCUT2D eigenvalue weighted by molar-refractivity contribution is 5.69. The molecule has 0 aromatic carbocycles. The Morgan fingerprint density at radius 3 is 1.24 bits per heavy atom. The van der Waals surface area contributed by atoms with E-state index in [9.17, 15) is 40.5 Å². The van der Waals surface area contributed by atoms with Gasteiger partial charge in [0.15, 0.2) is 12.6 Å². The number of aliphatic hydroxyl groups excluding tert-OH is 7. The van der Waals surface area contributed by atoms with Crippen LogP contribution >= 0.6 is 0 Å². The van der Waals surface area contributed by atoms with Gasteiger partial charge in [0.2, 0.25) is 0 Å². The summed E-state index contributed by atoms with van der Waals surface area (Å²) in [6, 6.07) is 0. The molecule has 7 N–H and O–H groups in total.